The Morgan fingerprint density at radius 3 is 2.70 bits per heavy atom. The molecule has 0 fully saturated rings. The van der Waals surface area contributed by atoms with Crippen LogP contribution < -0.4 is 5.43 Å². The minimum atomic E-state index is -1.21. The molecule has 0 unspecified atom stereocenters. The summed E-state index contributed by atoms with van der Waals surface area (Å²) in [5.74, 6) is -1.21. The fraction of sp³-hybridized carbons (Fsp3) is 0.462. The largest absolute Gasteiger partial charge is 0.477 e. The predicted octanol–water partition coefficient (Wildman–Crippen LogP) is 0.385. The summed E-state index contributed by atoms with van der Waals surface area (Å²) in [4.78, 5) is 25.3. The van der Waals surface area contributed by atoms with Gasteiger partial charge in [-0.25, -0.2) is 4.79 Å². The number of pyridine rings is 1. The lowest BCUT2D eigenvalue weighted by Gasteiger charge is -2.12. The van der Waals surface area contributed by atoms with E-state index in [1.807, 2.05) is 14.1 Å². The predicted molar refractivity (Wildman–Crippen MR) is 75.1 cm³/mol. The van der Waals surface area contributed by atoms with E-state index in [-0.39, 0.29) is 5.56 Å². The smallest absolute Gasteiger partial charge is 0.341 e. The zero-order valence-electron chi connectivity index (χ0n) is 11.8. The van der Waals surface area contributed by atoms with Gasteiger partial charge in [0, 0.05) is 26.0 Å². The number of nitrogens with zero attached hydrogens (tertiary/aromatic N) is 4. The molecule has 0 saturated heterocycles. The van der Waals surface area contributed by atoms with E-state index < -0.39 is 11.4 Å². The van der Waals surface area contributed by atoms with Crippen molar-refractivity contribution in [2.24, 2.45) is 7.05 Å². The van der Waals surface area contributed by atoms with Crippen LogP contribution in [0.2, 0.25) is 0 Å². The van der Waals surface area contributed by atoms with Crippen LogP contribution in [0.1, 0.15) is 16.8 Å². The third-order valence-electron chi connectivity index (χ3n) is 3.09. The van der Waals surface area contributed by atoms with Crippen LogP contribution in [0.15, 0.2) is 17.2 Å². The first-order valence-corrected chi connectivity index (χ1v) is 6.35. The number of carbonyl (C=O) groups is 1. The molecule has 0 radical (unpaired) electrons. The fourth-order valence-electron chi connectivity index (χ4n) is 2.15. The molecule has 1 N–H and O–H groups in total. The van der Waals surface area contributed by atoms with Gasteiger partial charge < -0.3 is 14.6 Å². The molecule has 0 aliphatic carbocycles. The second kappa shape index (κ2) is 5.46. The lowest BCUT2D eigenvalue weighted by Crippen LogP contribution is -2.20. The van der Waals surface area contributed by atoms with Crippen molar-refractivity contribution in [2.45, 2.75) is 13.0 Å². The van der Waals surface area contributed by atoms with Crippen LogP contribution in [0.5, 0.6) is 0 Å². The lowest BCUT2D eigenvalue weighted by atomic mass is 10.2. The summed E-state index contributed by atoms with van der Waals surface area (Å²) in [6.07, 6.45) is 3.79. The van der Waals surface area contributed by atoms with Crippen LogP contribution in [-0.2, 0) is 13.6 Å². The van der Waals surface area contributed by atoms with Crippen molar-refractivity contribution >= 4 is 17.0 Å². The van der Waals surface area contributed by atoms with Gasteiger partial charge in [0.15, 0.2) is 5.65 Å². The van der Waals surface area contributed by atoms with Gasteiger partial charge in [-0.2, -0.15) is 5.10 Å². The normalized spacial score (nSPS) is 11.4. The van der Waals surface area contributed by atoms with Gasteiger partial charge >= 0.3 is 5.97 Å². The Labute approximate surface area is 116 Å². The maximum Gasteiger partial charge on any atom is 0.341 e. The molecule has 2 aromatic rings. The van der Waals surface area contributed by atoms with Gasteiger partial charge in [-0.1, -0.05) is 0 Å². The van der Waals surface area contributed by atoms with E-state index in [9.17, 15) is 9.59 Å². The van der Waals surface area contributed by atoms with Crippen molar-refractivity contribution in [2.75, 3.05) is 20.6 Å². The molecular formula is C13H18N4O3. The van der Waals surface area contributed by atoms with Crippen molar-refractivity contribution in [3.63, 3.8) is 0 Å². The number of aryl methyl sites for hydroxylation is 2. The minimum Gasteiger partial charge on any atom is -0.477 e. The van der Waals surface area contributed by atoms with E-state index in [0.29, 0.717) is 17.6 Å². The molecule has 108 valence electrons. The number of hydrogen-bond donors (Lipinski definition) is 1. The average molecular weight is 278 g/mol. The Hall–Kier alpha value is -2.15. The standard InChI is InChI=1S/C13H18N4O3/c1-15(2)5-4-6-17-8-10(13(19)20)11(18)9-7-16(3)14-12(9)17/h7-8H,4-6H2,1-3H3,(H,19,20). The van der Waals surface area contributed by atoms with Crippen LogP contribution in [-0.4, -0.2) is 51.0 Å². The molecular weight excluding hydrogens is 260 g/mol. The lowest BCUT2D eigenvalue weighted by molar-refractivity contribution is 0.0695. The summed E-state index contributed by atoms with van der Waals surface area (Å²) >= 11 is 0. The zero-order valence-corrected chi connectivity index (χ0v) is 11.8. The molecule has 0 aliphatic heterocycles. The number of aromatic carboxylic acids is 1. The maximum atomic E-state index is 12.1. The minimum absolute atomic E-state index is 0.213. The van der Waals surface area contributed by atoms with Crippen LogP contribution in [0, 0.1) is 0 Å². The monoisotopic (exact) mass is 278 g/mol. The summed E-state index contributed by atoms with van der Waals surface area (Å²) in [5, 5.41) is 13.7. The molecule has 2 aromatic heterocycles. The number of fused-ring (bicyclic) bond motifs is 1. The maximum absolute atomic E-state index is 12.1. The van der Waals surface area contributed by atoms with E-state index in [1.165, 1.54) is 10.9 Å². The van der Waals surface area contributed by atoms with Crippen molar-refractivity contribution in [1.29, 1.82) is 0 Å². The number of rotatable bonds is 5. The van der Waals surface area contributed by atoms with Gasteiger partial charge in [0.25, 0.3) is 0 Å². The fourth-order valence-corrected chi connectivity index (χ4v) is 2.15. The van der Waals surface area contributed by atoms with E-state index in [2.05, 4.69) is 10.00 Å². The van der Waals surface area contributed by atoms with Crippen LogP contribution in [0.4, 0.5) is 0 Å². The van der Waals surface area contributed by atoms with Crippen molar-refractivity contribution in [1.82, 2.24) is 19.2 Å². The summed E-state index contributed by atoms with van der Waals surface area (Å²) < 4.78 is 3.27. The van der Waals surface area contributed by atoms with Gasteiger partial charge in [-0.3, -0.25) is 9.48 Å². The Balaban J connectivity index is 2.49. The highest BCUT2D eigenvalue weighted by Gasteiger charge is 2.16. The number of aromatic nitrogens is 3. The molecule has 7 heteroatoms. The summed E-state index contributed by atoms with van der Waals surface area (Å²) in [6, 6.07) is 0. The Morgan fingerprint density at radius 1 is 1.40 bits per heavy atom. The molecule has 0 atom stereocenters. The van der Waals surface area contributed by atoms with Gasteiger partial charge in [0.2, 0.25) is 5.43 Å². The second-order valence-electron chi connectivity index (χ2n) is 5.07. The SMILES string of the molecule is CN(C)CCCn1cc(C(=O)O)c(=O)c2cn(C)nc21. The molecule has 20 heavy (non-hydrogen) atoms. The van der Waals surface area contributed by atoms with E-state index in [1.54, 1.807) is 17.8 Å². The van der Waals surface area contributed by atoms with Crippen molar-refractivity contribution < 1.29 is 9.90 Å². The second-order valence-corrected chi connectivity index (χ2v) is 5.07. The van der Waals surface area contributed by atoms with Gasteiger partial charge in [-0.05, 0) is 27.1 Å². The molecule has 2 heterocycles. The highest BCUT2D eigenvalue weighted by Crippen LogP contribution is 2.10. The average Bonchev–Trinajstić information content (AvgIpc) is 2.73. The summed E-state index contributed by atoms with van der Waals surface area (Å²) in [7, 11) is 5.67. The van der Waals surface area contributed by atoms with E-state index in [0.717, 1.165) is 13.0 Å². The number of carboxylic acid groups (broad SMARTS) is 1. The molecule has 0 bridgehead atoms. The molecule has 0 aliphatic rings. The highest BCUT2D eigenvalue weighted by molar-refractivity contribution is 5.91. The number of carboxylic acids is 1. The topological polar surface area (TPSA) is 80.4 Å². The first kappa shape index (κ1) is 14.3. The Morgan fingerprint density at radius 2 is 2.10 bits per heavy atom. The molecule has 0 saturated carbocycles. The Bertz CT molecular complexity index is 699. The summed E-state index contributed by atoms with van der Waals surface area (Å²) in [5.41, 5.74) is -0.166. The zero-order chi connectivity index (χ0) is 14.9. The first-order valence-electron chi connectivity index (χ1n) is 6.35. The van der Waals surface area contributed by atoms with Gasteiger partial charge in [0.05, 0.1) is 5.39 Å². The quantitative estimate of drug-likeness (QED) is 0.855. The molecule has 0 aromatic carbocycles. The van der Waals surface area contributed by atoms with E-state index in [4.69, 9.17) is 5.11 Å². The highest BCUT2D eigenvalue weighted by atomic mass is 16.4. The molecule has 0 spiro atoms. The van der Waals surface area contributed by atoms with Crippen molar-refractivity contribution in [3.05, 3.63) is 28.2 Å². The number of hydrogen-bond acceptors (Lipinski definition) is 4. The van der Waals surface area contributed by atoms with Gasteiger partial charge in [0.1, 0.15) is 5.56 Å². The van der Waals surface area contributed by atoms with E-state index >= 15 is 0 Å². The first-order chi connectivity index (χ1) is 9.40. The molecule has 7 nitrogen and oxygen atoms in total. The third kappa shape index (κ3) is 2.72. The van der Waals surface area contributed by atoms with Crippen molar-refractivity contribution in [3.8, 4) is 0 Å². The summed E-state index contributed by atoms with van der Waals surface area (Å²) in [6.45, 7) is 1.50. The van der Waals surface area contributed by atoms with Crippen LogP contribution in [0.3, 0.4) is 0 Å². The molecule has 0 amide bonds. The third-order valence-corrected chi connectivity index (χ3v) is 3.09. The van der Waals surface area contributed by atoms with Gasteiger partial charge in [-0.15, -0.1) is 0 Å². The Kier molecular flexibility index (Phi) is 3.89. The molecule has 2 rings (SSSR count). The van der Waals surface area contributed by atoms with Crippen LogP contribution >= 0.6 is 0 Å². The van der Waals surface area contributed by atoms with Crippen LogP contribution in [0.25, 0.3) is 11.0 Å².